The highest BCUT2D eigenvalue weighted by Crippen LogP contribution is 2.28. The molecule has 0 aliphatic rings. The lowest BCUT2D eigenvalue weighted by Gasteiger charge is -2.07. The van der Waals surface area contributed by atoms with Crippen molar-refractivity contribution < 1.29 is 14.6 Å². The number of aromatic carboxylic acids is 1. The molecule has 0 bridgehead atoms. The number of aromatic nitrogens is 1. The number of aryl methyl sites for hydroxylation is 2. The Bertz CT molecular complexity index is 584. The van der Waals surface area contributed by atoms with Crippen LogP contribution >= 0.6 is 0 Å². The monoisotopic (exact) mass is 233 g/mol. The van der Waals surface area contributed by atoms with E-state index in [1.807, 2.05) is 26.0 Å². The van der Waals surface area contributed by atoms with Gasteiger partial charge in [-0.2, -0.15) is 0 Å². The average molecular weight is 233 g/mol. The molecule has 0 radical (unpaired) electrons. The van der Waals surface area contributed by atoms with E-state index in [0.29, 0.717) is 12.2 Å². The van der Waals surface area contributed by atoms with Crippen molar-refractivity contribution in [3.8, 4) is 5.75 Å². The molecule has 17 heavy (non-hydrogen) atoms. The van der Waals surface area contributed by atoms with Crippen molar-refractivity contribution in [3.05, 3.63) is 29.5 Å². The van der Waals surface area contributed by atoms with Crippen molar-refractivity contribution >= 4 is 16.9 Å². The first-order valence-electron chi connectivity index (χ1n) is 5.49. The second kappa shape index (κ2) is 4.13. The molecule has 2 aromatic rings. The second-order valence-corrected chi connectivity index (χ2v) is 3.96. The molecular formula is C13H15NO3. The summed E-state index contributed by atoms with van der Waals surface area (Å²) in [5, 5.41) is 10.1. The number of fused-ring (bicyclic) bond motifs is 1. The highest BCUT2D eigenvalue weighted by atomic mass is 16.5. The predicted octanol–water partition coefficient (Wildman–Crippen LogP) is 2.68. The Morgan fingerprint density at radius 1 is 1.41 bits per heavy atom. The van der Waals surface area contributed by atoms with Crippen molar-refractivity contribution in [2.24, 2.45) is 0 Å². The van der Waals surface area contributed by atoms with Crippen LogP contribution in [0.25, 0.3) is 10.9 Å². The first-order valence-corrected chi connectivity index (χ1v) is 5.49. The summed E-state index contributed by atoms with van der Waals surface area (Å²) >= 11 is 0. The lowest BCUT2D eigenvalue weighted by atomic mass is 10.1. The number of rotatable bonds is 3. The van der Waals surface area contributed by atoms with Crippen LogP contribution in [0.1, 0.15) is 23.0 Å². The normalized spacial score (nSPS) is 10.8. The fourth-order valence-electron chi connectivity index (χ4n) is 2.14. The van der Waals surface area contributed by atoms with Gasteiger partial charge in [0.15, 0.2) is 0 Å². The summed E-state index contributed by atoms with van der Waals surface area (Å²) in [5.41, 5.74) is 2.22. The van der Waals surface area contributed by atoms with E-state index in [9.17, 15) is 4.79 Å². The minimum atomic E-state index is -0.903. The molecule has 0 spiro atoms. The van der Waals surface area contributed by atoms with Crippen LogP contribution in [0.5, 0.6) is 5.75 Å². The number of benzene rings is 1. The zero-order chi connectivity index (χ0) is 12.6. The number of ether oxygens (including phenoxy) is 1. The van der Waals surface area contributed by atoms with Gasteiger partial charge >= 0.3 is 5.97 Å². The molecule has 0 atom stereocenters. The average Bonchev–Trinajstić information content (AvgIpc) is 2.65. The number of hydrogen-bond donors (Lipinski definition) is 1. The zero-order valence-corrected chi connectivity index (χ0v) is 10.2. The van der Waals surface area contributed by atoms with Crippen molar-refractivity contribution in [1.29, 1.82) is 0 Å². The highest BCUT2D eigenvalue weighted by molar-refractivity contribution is 5.95. The third-order valence-corrected chi connectivity index (χ3v) is 2.95. The fraction of sp³-hybridized carbons (Fsp3) is 0.308. The van der Waals surface area contributed by atoms with Crippen molar-refractivity contribution in [1.82, 2.24) is 4.57 Å². The largest absolute Gasteiger partial charge is 0.496 e. The summed E-state index contributed by atoms with van der Waals surface area (Å²) in [6, 6.07) is 5.54. The number of methoxy groups -OCH3 is 1. The van der Waals surface area contributed by atoms with Gasteiger partial charge in [-0.05, 0) is 31.5 Å². The quantitative estimate of drug-likeness (QED) is 0.886. The molecule has 1 heterocycles. The maximum atomic E-state index is 11.1. The van der Waals surface area contributed by atoms with Crippen molar-refractivity contribution in [2.45, 2.75) is 20.4 Å². The smallest absolute Gasteiger partial charge is 0.352 e. The molecule has 0 amide bonds. The van der Waals surface area contributed by atoms with Crippen LogP contribution in [0.4, 0.5) is 0 Å². The molecule has 1 N–H and O–H groups in total. The third kappa shape index (κ3) is 1.75. The lowest BCUT2D eigenvalue weighted by molar-refractivity contribution is 0.0686. The molecule has 0 aliphatic heterocycles. The van der Waals surface area contributed by atoms with Gasteiger partial charge in [-0.25, -0.2) is 4.79 Å². The van der Waals surface area contributed by atoms with E-state index < -0.39 is 5.97 Å². The van der Waals surface area contributed by atoms with E-state index in [1.165, 1.54) is 0 Å². The van der Waals surface area contributed by atoms with Crippen LogP contribution < -0.4 is 4.74 Å². The van der Waals surface area contributed by atoms with Gasteiger partial charge < -0.3 is 14.4 Å². The van der Waals surface area contributed by atoms with Gasteiger partial charge in [-0.15, -0.1) is 0 Å². The molecule has 1 aromatic carbocycles. The summed E-state index contributed by atoms with van der Waals surface area (Å²) in [7, 11) is 1.62. The van der Waals surface area contributed by atoms with E-state index in [0.717, 1.165) is 22.2 Å². The van der Waals surface area contributed by atoms with Gasteiger partial charge in [0.2, 0.25) is 0 Å². The summed E-state index contributed by atoms with van der Waals surface area (Å²) in [5.74, 6) is -0.123. The predicted molar refractivity (Wildman–Crippen MR) is 65.9 cm³/mol. The second-order valence-electron chi connectivity index (χ2n) is 3.96. The Morgan fingerprint density at radius 2 is 2.12 bits per heavy atom. The molecule has 0 aliphatic carbocycles. The van der Waals surface area contributed by atoms with Crippen molar-refractivity contribution in [2.75, 3.05) is 7.11 Å². The summed E-state index contributed by atoms with van der Waals surface area (Å²) in [6.45, 7) is 4.50. The van der Waals surface area contributed by atoms with Crippen LogP contribution in [0.15, 0.2) is 18.2 Å². The molecule has 1 aromatic heterocycles. The Hall–Kier alpha value is -1.97. The standard InChI is InChI=1S/C13H15NO3/c1-4-14-10-7-12(17-3)8(2)5-9(10)6-11(14)13(15)16/h5-7H,4H2,1-3H3,(H,15,16). The van der Waals surface area contributed by atoms with Crippen LogP contribution in [0.2, 0.25) is 0 Å². The minimum Gasteiger partial charge on any atom is -0.496 e. The maximum absolute atomic E-state index is 11.1. The lowest BCUT2D eigenvalue weighted by Crippen LogP contribution is -2.06. The molecule has 0 unspecified atom stereocenters. The van der Waals surface area contributed by atoms with Crippen molar-refractivity contribution in [3.63, 3.8) is 0 Å². The minimum absolute atomic E-state index is 0.315. The molecule has 0 saturated heterocycles. The van der Waals surface area contributed by atoms with E-state index in [1.54, 1.807) is 17.7 Å². The van der Waals surface area contributed by atoms with Gasteiger partial charge in [0.25, 0.3) is 0 Å². The number of carbonyl (C=O) groups is 1. The molecule has 4 heteroatoms. The van der Waals surface area contributed by atoms with Gasteiger partial charge in [0, 0.05) is 18.0 Å². The molecule has 2 rings (SSSR count). The Morgan fingerprint density at radius 3 is 2.65 bits per heavy atom. The summed E-state index contributed by atoms with van der Waals surface area (Å²) < 4.78 is 7.04. The number of carboxylic acid groups (broad SMARTS) is 1. The number of carboxylic acids is 1. The molecular weight excluding hydrogens is 218 g/mol. The van der Waals surface area contributed by atoms with Crippen LogP contribution in [-0.4, -0.2) is 22.8 Å². The van der Waals surface area contributed by atoms with Crippen LogP contribution in [0, 0.1) is 6.92 Å². The van der Waals surface area contributed by atoms with E-state index >= 15 is 0 Å². The molecule has 90 valence electrons. The van der Waals surface area contributed by atoms with Gasteiger partial charge in [0.1, 0.15) is 11.4 Å². The van der Waals surface area contributed by atoms with Gasteiger partial charge in [0.05, 0.1) is 12.6 Å². The molecule has 0 fully saturated rings. The number of nitrogens with zero attached hydrogens (tertiary/aromatic N) is 1. The van der Waals surface area contributed by atoms with E-state index in [-0.39, 0.29) is 0 Å². The Labute approximate surface area is 99.4 Å². The summed E-state index contributed by atoms with van der Waals surface area (Å²) in [6.07, 6.45) is 0. The Balaban J connectivity index is 2.78. The van der Waals surface area contributed by atoms with Crippen LogP contribution in [0.3, 0.4) is 0 Å². The van der Waals surface area contributed by atoms with E-state index in [4.69, 9.17) is 9.84 Å². The first-order chi connectivity index (χ1) is 8.08. The highest BCUT2D eigenvalue weighted by Gasteiger charge is 2.14. The topological polar surface area (TPSA) is 51.5 Å². The first kappa shape index (κ1) is 11.5. The van der Waals surface area contributed by atoms with Gasteiger partial charge in [-0.3, -0.25) is 0 Å². The van der Waals surface area contributed by atoms with E-state index in [2.05, 4.69) is 0 Å². The Kier molecular flexibility index (Phi) is 2.79. The third-order valence-electron chi connectivity index (χ3n) is 2.95. The SMILES string of the molecule is CCn1c(C(=O)O)cc2cc(C)c(OC)cc21. The molecule has 0 saturated carbocycles. The zero-order valence-electron chi connectivity index (χ0n) is 10.2. The summed E-state index contributed by atoms with van der Waals surface area (Å²) in [4.78, 5) is 11.1. The number of hydrogen-bond acceptors (Lipinski definition) is 2. The maximum Gasteiger partial charge on any atom is 0.352 e. The fourth-order valence-corrected chi connectivity index (χ4v) is 2.14. The van der Waals surface area contributed by atoms with Gasteiger partial charge in [-0.1, -0.05) is 0 Å². The molecule has 4 nitrogen and oxygen atoms in total. The van der Waals surface area contributed by atoms with Crippen LogP contribution in [-0.2, 0) is 6.54 Å².